The van der Waals surface area contributed by atoms with Crippen molar-refractivity contribution in [2.75, 3.05) is 19.8 Å². The van der Waals surface area contributed by atoms with Crippen LogP contribution in [0.5, 0.6) is 17.2 Å². The van der Waals surface area contributed by atoms with Crippen LogP contribution in [0.3, 0.4) is 0 Å². The Kier molecular flexibility index (Phi) is 6.11. The van der Waals surface area contributed by atoms with Crippen LogP contribution in [0.4, 0.5) is 0 Å². The van der Waals surface area contributed by atoms with Crippen LogP contribution in [0.25, 0.3) is 0 Å². The topological polar surface area (TPSA) is 65.0 Å². The summed E-state index contributed by atoms with van der Waals surface area (Å²) < 4.78 is 16.5. The molecule has 0 spiro atoms. The summed E-state index contributed by atoms with van der Waals surface area (Å²) in [5.41, 5.74) is 0.151. The fourth-order valence-electron chi connectivity index (χ4n) is 1.87. The smallest absolute Gasteiger partial charge is 0.335 e. The maximum atomic E-state index is 11.0. The van der Waals surface area contributed by atoms with Crippen molar-refractivity contribution in [1.29, 1.82) is 0 Å². The molecule has 0 saturated carbocycles. The van der Waals surface area contributed by atoms with Gasteiger partial charge in [-0.15, -0.1) is 0 Å². The quantitative estimate of drug-likeness (QED) is 0.741. The van der Waals surface area contributed by atoms with Gasteiger partial charge in [0, 0.05) is 5.02 Å². The first-order valence-corrected chi connectivity index (χ1v) is 7.49. The maximum absolute atomic E-state index is 11.0. The van der Waals surface area contributed by atoms with Gasteiger partial charge in [0.25, 0.3) is 0 Å². The highest BCUT2D eigenvalue weighted by Crippen LogP contribution is 2.28. The molecule has 0 aromatic heterocycles. The predicted octanol–water partition coefficient (Wildman–Crippen LogP) is 3.89. The van der Waals surface area contributed by atoms with Gasteiger partial charge in [-0.2, -0.15) is 0 Å². The molecule has 2 aromatic rings. The Morgan fingerprint density at radius 2 is 1.70 bits per heavy atom. The van der Waals surface area contributed by atoms with Gasteiger partial charge in [-0.25, -0.2) is 4.79 Å². The largest absolute Gasteiger partial charge is 0.490 e. The van der Waals surface area contributed by atoms with Gasteiger partial charge >= 0.3 is 5.97 Å². The Bertz CT molecular complexity index is 655. The molecule has 1 N–H and O–H groups in total. The molecule has 5 nitrogen and oxygen atoms in total. The van der Waals surface area contributed by atoms with Crippen LogP contribution in [0, 0.1) is 0 Å². The summed E-state index contributed by atoms with van der Waals surface area (Å²) in [7, 11) is 0. The van der Waals surface area contributed by atoms with Crippen LogP contribution in [0.1, 0.15) is 17.3 Å². The van der Waals surface area contributed by atoms with E-state index in [1.54, 1.807) is 30.3 Å². The normalized spacial score (nSPS) is 10.2. The fourth-order valence-corrected chi connectivity index (χ4v) is 2.00. The van der Waals surface area contributed by atoms with Crippen molar-refractivity contribution in [3.05, 3.63) is 53.1 Å². The Labute approximate surface area is 139 Å². The highest BCUT2D eigenvalue weighted by atomic mass is 35.5. The molecule has 0 bridgehead atoms. The Hall–Kier alpha value is -2.40. The summed E-state index contributed by atoms with van der Waals surface area (Å²) in [4.78, 5) is 11.0. The van der Waals surface area contributed by atoms with Gasteiger partial charge in [0.2, 0.25) is 0 Å². The van der Waals surface area contributed by atoms with Gasteiger partial charge in [0.05, 0.1) is 12.2 Å². The second-order valence-corrected chi connectivity index (χ2v) is 4.99. The van der Waals surface area contributed by atoms with Gasteiger partial charge < -0.3 is 19.3 Å². The van der Waals surface area contributed by atoms with Crippen molar-refractivity contribution < 1.29 is 24.1 Å². The molecule has 0 saturated heterocycles. The van der Waals surface area contributed by atoms with Crippen molar-refractivity contribution in [3.8, 4) is 17.2 Å². The second-order valence-electron chi connectivity index (χ2n) is 4.55. The molecule has 0 aliphatic carbocycles. The molecule has 23 heavy (non-hydrogen) atoms. The molecule has 0 fully saturated rings. The lowest BCUT2D eigenvalue weighted by molar-refractivity contribution is 0.0696. The number of benzene rings is 2. The van der Waals surface area contributed by atoms with E-state index in [4.69, 9.17) is 30.9 Å². The molecule has 0 unspecified atom stereocenters. The minimum absolute atomic E-state index is 0.151. The van der Waals surface area contributed by atoms with Crippen molar-refractivity contribution in [3.63, 3.8) is 0 Å². The number of hydrogen-bond donors (Lipinski definition) is 1. The van der Waals surface area contributed by atoms with Gasteiger partial charge in [0.15, 0.2) is 11.5 Å². The fraction of sp³-hybridized carbons (Fsp3) is 0.235. The molecule has 6 heteroatoms. The van der Waals surface area contributed by atoms with E-state index >= 15 is 0 Å². The first-order chi connectivity index (χ1) is 11.1. The van der Waals surface area contributed by atoms with Crippen molar-refractivity contribution in [1.82, 2.24) is 0 Å². The van der Waals surface area contributed by atoms with Crippen LogP contribution < -0.4 is 14.2 Å². The lowest BCUT2D eigenvalue weighted by Crippen LogP contribution is -2.10. The Morgan fingerprint density at radius 1 is 1.00 bits per heavy atom. The zero-order valence-corrected chi connectivity index (χ0v) is 13.4. The summed E-state index contributed by atoms with van der Waals surface area (Å²) in [6.45, 7) is 2.88. The number of halogens is 1. The Balaban J connectivity index is 1.91. The number of carboxylic acids is 1. The number of carbonyl (C=O) groups is 1. The van der Waals surface area contributed by atoms with Crippen LogP contribution >= 0.6 is 11.6 Å². The third kappa shape index (κ3) is 5.07. The first-order valence-electron chi connectivity index (χ1n) is 7.11. The third-order valence-corrected chi connectivity index (χ3v) is 3.17. The van der Waals surface area contributed by atoms with Gasteiger partial charge in [0.1, 0.15) is 19.0 Å². The average Bonchev–Trinajstić information content (AvgIpc) is 2.54. The zero-order chi connectivity index (χ0) is 16.7. The first kappa shape index (κ1) is 17.0. The number of aromatic carboxylic acids is 1. The van der Waals surface area contributed by atoms with Crippen molar-refractivity contribution in [2.24, 2.45) is 0 Å². The zero-order valence-electron chi connectivity index (χ0n) is 12.6. The summed E-state index contributed by atoms with van der Waals surface area (Å²) in [6.07, 6.45) is 0. The van der Waals surface area contributed by atoms with E-state index in [-0.39, 0.29) is 5.56 Å². The molecule has 2 rings (SSSR count). The molecule has 0 atom stereocenters. The SMILES string of the molecule is CCOc1cc(C(=O)O)ccc1OCCOc1ccc(Cl)cc1. The average molecular weight is 337 g/mol. The monoisotopic (exact) mass is 336 g/mol. The molecule has 0 aliphatic rings. The van der Waals surface area contributed by atoms with Crippen LogP contribution in [0.2, 0.25) is 5.02 Å². The van der Waals surface area contributed by atoms with E-state index < -0.39 is 5.97 Å². The molecular weight excluding hydrogens is 320 g/mol. The van der Waals surface area contributed by atoms with Gasteiger partial charge in [-0.05, 0) is 49.4 Å². The highest BCUT2D eigenvalue weighted by molar-refractivity contribution is 6.30. The van der Waals surface area contributed by atoms with E-state index in [1.165, 1.54) is 12.1 Å². The van der Waals surface area contributed by atoms with E-state index in [1.807, 2.05) is 6.92 Å². The van der Waals surface area contributed by atoms with E-state index in [2.05, 4.69) is 0 Å². The highest BCUT2D eigenvalue weighted by Gasteiger charge is 2.10. The van der Waals surface area contributed by atoms with Crippen molar-refractivity contribution >= 4 is 17.6 Å². The van der Waals surface area contributed by atoms with E-state index in [0.717, 1.165) is 0 Å². The number of carboxylic acid groups (broad SMARTS) is 1. The molecule has 2 aromatic carbocycles. The van der Waals surface area contributed by atoms with Gasteiger partial charge in [-0.1, -0.05) is 11.6 Å². The molecule has 0 aliphatic heterocycles. The Morgan fingerprint density at radius 3 is 2.35 bits per heavy atom. The van der Waals surface area contributed by atoms with E-state index in [0.29, 0.717) is 42.1 Å². The molecule has 122 valence electrons. The third-order valence-electron chi connectivity index (χ3n) is 2.91. The molecule has 0 radical (unpaired) electrons. The van der Waals surface area contributed by atoms with Crippen LogP contribution in [-0.4, -0.2) is 30.9 Å². The second kappa shape index (κ2) is 8.29. The van der Waals surface area contributed by atoms with Crippen LogP contribution in [-0.2, 0) is 0 Å². The summed E-state index contributed by atoms with van der Waals surface area (Å²) in [6, 6.07) is 11.5. The molecular formula is C17H17ClO5. The number of rotatable bonds is 8. The predicted molar refractivity (Wildman–Crippen MR) is 87.0 cm³/mol. The summed E-state index contributed by atoms with van der Waals surface area (Å²) in [5, 5.41) is 9.65. The molecule has 0 amide bonds. The lowest BCUT2D eigenvalue weighted by Gasteiger charge is -2.13. The summed E-state index contributed by atoms with van der Waals surface area (Å²) >= 11 is 5.80. The van der Waals surface area contributed by atoms with Crippen LogP contribution in [0.15, 0.2) is 42.5 Å². The standard InChI is InChI=1S/C17H17ClO5/c1-2-21-16-11-12(17(19)20)3-8-15(16)23-10-9-22-14-6-4-13(18)5-7-14/h3-8,11H,2,9-10H2,1H3,(H,19,20). The maximum Gasteiger partial charge on any atom is 0.335 e. The molecule has 0 heterocycles. The van der Waals surface area contributed by atoms with E-state index in [9.17, 15) is 4.79 Å². The number of ether oxygens (including phenoxy) is 3. The summed E-state index contributed by atoms with van der Waals surface area (Å²) in [5.74, 6) is 0.572. The minimum atomic E-state index is -1.01. The van der Waals surface area contributed by atoms with Gasteiger partial charge in [-0.3, -0.25) is 0 Å². The minimum Gasteiger partial charge on any atom is -0.490 e. The number of hydrogen-bond acceptors (Lipinski definition) is 4. The lowest BCUT2D eigenvalue weighted by atomic mass is 10.2. The van der Waals surface area contributed by atoms with Crippen molar-refractivity contribution in [2.45, 2.75) is 6.92 Å².